The Balaban J connectivity index is 1.76. The van der Waals surface area contributed by atoms with Crippen molar-refractivity contribution in [2.24, 2.45) is 0 Å². The van der Waals surface area contributed by atoms with Gasteiger partial charge in [-0.05, 0) is 29.8 Å². The molecular weight excluding hydrogens is 340 g/mol. The van der Waals surface area contributed by atoms with E-state index in [0.29, 0.717) is 5.56 Å². The Labute approximate surface area is 148 Å². The molecule has 0 saturated carbocycles. The number of anilines is 1. The minimum atomic E-state index is -0.803. The number of benzene rings is 3. The van der Waals surface area contributed by atoms with Crippen LogP contribution in [-0.4, -0.2) is 5.91 Å². The van der Waals surface area contributed by atoms with Gasteiger partial charge in [-0.2, -0.15) is 0 Å². The number of hydrogen-bond acceptors (Lipinski definition) is 2. The van der Waals surface area contributed by atoms with Gasteiger partial charge in [-0.15, -0.1) is 11.8 Å². The number of rotatable bonds is 5. The van der Waals surface area contributed by atoms with Crippen molar-refractivity contribution >= 4 is 23.4 Å². The highest BCUT2D eigenvalue weighted by atomic mass is 32.2. The van der Waals surface area contributed by atoms with Crippen LogP contribution in [-0.2, 0) is 5.75 Å². The van der Waals surface area contributed by atoms with Crippen LogP contribution < -0.4 is 5.32 Å². The monoisotopic (exact) mass is 355 g/mol. The third-order valence-corrected chi connectivity index (χ3v) is 4.69. The van der Waals surface area contributed by atoms with Crippen LogP contribution in [0.3, 0.4) is 0 Å². The summed E-state index contributed by atoms with van der Waals surface area (Å²) in [5.74, 6) is -1.20. The lowest BCUT2D eigenvalue weighted by atomic mass is 10.2. The van der Waals surface area contributed by atoms with Gasteiger partial charge in [0.25, 0.3) is 5.91 Å². The zero-order chi connectivity index (χ0) is 17.6. The summed E-state index contributed by atoms with van der Waals surface area (Å²) < 4.78 is 26.7. The van der Waals surface area contributed by atoms with Gasteiger partial charge in [-0.1, -0.05) is 42.5 Å². The minimum Gasteiger partial charge on any atom is -0.319 e. The number of thioether (sulfide) groups is 1. The first-order chi connectivity index (χ1) is 12.1. The Hall–Kier alpha value is -2.66. The van der Waals surface area contributed by atoms with Crippen LogP contribution in [0.2, 0.25) is 0 Å². The van der Waals surface area contributed by atoms with Crippen molar-refractivity contribution in [3.63, 3.8) is 0 Å². The molecule has 3 aromatic carbocycles. The van der Waals surface area contributed by atoms with Gasteiger partial charge in [0.05, 0.1) is 11.3 Å². The van der Waals surface area contributed by atoms with E-state index in [4.69, 9.17) is 0 Å². The van der Waals surface area contributed by atoms with Crippen LogP contribution in [0, 0.1) is 11.6 Å². The van der Waals surface area contributed by atoms with Crippen LogP contribution in [0.15, 0.2) is 77.7 Å². The molecule has 1 N–H and O–H groups in total. The second-order valence-corrected chi connectivity index (χ2v) is 6.37. The molecule has 3 rings (SSSR count). The van der Waals surface area contributed by atoms with Crippen molar-refractivity contribution in [3.05, 3.63) is 95.6 Å². The Morgan fingerprint density at radius 3 is 2.40 bits per heavy atom. The van der Waals surface area contributed by atoms with Crippen molar-refractivity contribution in [1.82, 2.24) is 0 Å². The summed E-state index contributed by atoms with van der Waals surface area (Å²) in [5.41, 5.74) is 1.55. The largest absolute Gasteiger partial charge is 0.319 e. The lowest BCUT2D eigenvalue weighted by Gasteiger charge is -2.10. The summed E-state index contributed by atoms with van der Waals surface area (Å²) in [4.78, 5) is 13.3. The highest BCUT2D eigenvalue weighted by molar-refractivity contribution is 7.98. The lowest BCUT2D eigenvalue weighted by Crippen LogP contribution is -2.14. The summed E-state index contributed by atoms with van der Waals surface area (Å²) in [6.07, 6.45) is 0. The number of amides is 1. The maximum Gasteiger partial charge on any atom is 0.256 e. The van der Waals surface area contributed by atoms with Crippen LogP contribution in [0.25, 0.3) is 0 Å². The lowest BCUT2D eigenvalue weighted by molar-refractivity contribution is 0.102. The van der Waals surface area contributed by atoms with Crippen molar-refractivity contribution in [3.8, 4) is 0 Å². The predicted molar refractivity (Wildman–Crippen MR) is 96.8 cm³/mol. The zero-order valence-corrected chi connectivity index (χ0v) is 14.0. The second kappa shape index (κ2) is 7.94. The van der Waals surface area contributed by atoms with Gasteiger partial charge in [-0.3, -0.25) is 4.79 Å². The molecule has 0 aliphatic heterocycles. The predicted octanol–water partition coefficient (Wildman–Crippen LogP) is 5.51. The van der Waals surface area contributed by atoms with Crippen LogP contribution in [0.5, 0.6) is 0 Å². The molecule has 25 heavy (non-hydrogen) atoms. The van der Waals surface area contributed by atoms with Crippen molar-refractivity contribution in [2.75, 3.05) is 5.32 Å². The third kappa shape index (κ3) is 4.45. The number of carbonyl (C=O) groups excluding carboxylic acids is 1. The number of halogens is 2. The minimum absolute atomic E-state index is 0.0470. The Morgan fingerprint density at radius 2 is 1.64 bits per heavy atom. The smallest absolute Gasteiger partial charge is 0.256 e. The average Bonchev–Trinajstić information content (AvgIpc) is 2.63. The van der Waals surface area contributed by atoms with Crippen molar-refractivity contribution in [2.45, 2.75) is 10.6 Å². The molecule has 3 aromatic rings. The summed E-state index contributed by atoms with van der Waals surface area (Å²) in [5, 5.41) is 2.50. The van der Waals surface area contributed by atoms with Crippen LogP contribution >= 0.6 is 11.8 Å². The number of nitrogens with one attached hydrogen (secondary N) is 1. The molecule has 0 spiro atoms. The van der Waals surface area contributed by atoms with Crippen LogP contribution in [0.4, 0.5) is 14.5 Å². The van der Waals surface area contributed by atoms with E-state index in [1.165, 1.54) is 17.8 Å². The molecule has 5 heteroatoms. The first-order valence-electron chi connectivity index (χ1n) is 7.65. The molecule has 0 heterocycles. The van der Waals surface area contributed by atoms with E-state index in [-0.39, 0.29) is 5.69 Å². The molecule has 1 amide bonds. The normalized spacial score (nSPS) is 10.5. The molecular formula is C20H15F2NOS. The molecule has 0 atom stereocenters. The van der Waals surface area contributed by atoms with Gasteiger partial charge in [0, 0.05) is 16.7 Å². The van der Waals surface area contributed by atoms with Gasteiger partial charge in [0.1, 0.15) is 11.6 Å². The fourth-order valence-corrected chi connectivity index (χ4v) is 3.30. The second-order valence-electron chi connectivity index (χ2n) is 5.35. The average molecular weight is 355 g/mol. The summed E-state index contributed by atoms with van der Waals surface area (Å²) >= 11 is 1.53. The molecule has 0 radical (unpaired) electrons. The quantitative estimate of drug-likeness (QED) is 0.612. The van der Waals surface area contributed by atoms with Crippen molar-refractivity contribution in [1.29, 1.82) is 0 Å². The third-order valence-electron chi connectivity index (χ3n) is 3.55. The van der Waals surface area contributed by atoms with E-state index in [2.05, 4.69) is 5.32 Å². The number of hydrogen-bond donors (Lipinski definition) is 1. The van der Waals surface area contributed by atoms with E-state index in [0.717, 1.165) is 28.3 Å². The highest BCUT2D eigenvalue weighted by Crippen LogP contribution is 2.27. The topological polar surface area (TPSA) is 29.1 Å². The maximum atomic E-state index is 13.7. The van der Waals surface area contributed by atoms with E-state index in [9.17, 15) is 13.6 Å². The highest BCUT2D eigenvalue weighted by Gasteiger charge is 2.14. The number of carbonyl (C=O) groups is 1. The molecule has 0 fully saturated rings. The molecule has 0 saturated heterocycles. The standard InChI is InChI=1S/C20H15F2NOS/c21-15-10-11-18(17(22)12-15)23-20(24)16-8-4-5-9-19(16)25-13-14-6-2-1-3-7-14/h1-12H,13H2,(H,23,24). The molecule has 126 valence electrons. The van der Waals surface area contributed by atoms with Crippen LogP contribution in [0.1, 0.15) is 15.9 Å². The van der Waals surface area contributed by atoms with E-state index >= 15 is 0 Å². The first kappa shape index (κ1) is 17.2. The molecule has 0 unspecified atom stereocenters. The van der Waals surface area contributed by atoms with Gasteiger partial charge in [0.2, 0.25) is 0 Å². The SMILES string of the molecule is O=C(Nc1ccc(F)cc1F)c1ccccc1SCc1ccccc1. The fraction of sp³-hybridized carbons (Fsp3) is 0.0500. The Kier molecular flexibility index (Phi) is 5.46. The van der Waals surface area contributed by atoms with E-state index < -0.39 is 17.5 Å². The summed E-state index contributed by atoms with van der Waals surface area (Å²) in [7, 11) is 0. The van der Waals surface area contributed by atoms with Gasteiger partial charge < -0.3 is 5.32 Å². The van der Waals surface area contributed by atoms with Gasteiger partial charge in [0.15, 0.2) is 0 Å². The first-order valence-corrected chi connectivity index (χ1v) is 8.64. The summed E-state index contributed by atoms with van der Waals surface area (Å²) in [6.45, 7) is 0. The summed E-state index contributed by atoms with van der Waals surface area (Å²) in [6, 6.07) is 20.1. The molecule has 0 aromatic heterocycles. The maximum absolute atomic E-state index is 13.7. The fourth-order valence-electron chi connectivity index (χ4n) is 2.30. The molecule has 0 aliphatic rings. The van der Waals surface area contributed by atoms with E-state index in [1.54, 1.807) is 12.1 Å². The van der Waals surface area contributed by atoms with Gasteiger partial charge >= 0.3 is 0 Å². The molecule has 2 nitrogen and oxygen atoms in total. The molecule has 0 aliphatic carbocycles. The molecule has 0 bridgehead atoms. The van der Waals surface area contributed by atoms with E-state index in [1.807, 2.05) is 42.5 Å². The Bertz CT molecular complexity index is 884. The van der Waals surface area contributed by atoms with Gasteiger partial charge in [-0.25, -0.2) is 8.78 Å². The Morgan fingerprint density at radius 1 is 0.920 bits per heavy atom. The zero-order valence-electron chi connectivity index (χ0n) is 13.2. The van der Waals surface area contributed by atoms with Crippen molar-refractivity contribution < 1.29 is 13.6 Å².